The normalized spacial score (nSPS) is 12.6. The highest BCUT2D eigenvalue weighted by Gasteiger charge is 2.31. The first-order valence-electron chi connectivity index (χ1n) is 10.0. The minimum Gasteiger partial charge on any atom is -0.493 e. The van der Waals surface area contributed by atoms with Gasteiger partial charge in [-0.3, -0.25) is 9.69 Å². The maximum absolute atomic E-state index is 13.0. The van der Waals surface area contributed by atoms with Crippen molar-refractivity contribution in [3.63, 3.8) is 0 Å². The van der Waals surface area contributed by atoms with E-state index in [0.29, 0.717) is 23.9 Å². The molecule has 0 saturated carbocycles. The van der Waals surface area contributed by atoms with E-state index in [4.69, 9.17) is 9.47 Å². The Balaban J connectivity index is 1.69. The zero-order chi connectivity index (χ0) is 22.5. The number of carbonyl (C=O) groups excluding carboxylic acids is 1. The molecule has 0 amide bonds. The number of hydrogen-bond donors (Lipinski definition) is 0. The van der Waals surface area contributed by atoms with Crippen LogP contribution in [0.1, 0.15) is 5.56 Å². The fourth-order valence-corrected chi connectivity index (χ4v) is 3.82. The Bertz CT molecular complexity index is 1010. The lowest BCUT2D eigenvalue weighted by molar-refractivity contribution is -0.116. The van der Waals surface area contributed by atoms with Crippen molar-refractivity contribution in [3.05, 3.63) is 59.4 Å². The number of ketones is 1. The van der Waals surface area contributed by atoms with Gasteiger partial charge in [0.25, 0.3) is 0 Å². The number of benzene rings is 2. The maximum Gasteiger partial charge on any atom is 0.191 e. The molecule has 2 aromatic rings. The van der Waals surface area contributed by atoms with Gasteiger partial charge < -0.3 is 19.3 Å². The summed E-state index contributed by atoms with van der Waals surface area (Å²) in [5.74, 6) is 1.79. The first-order chi connectivity index (χ1) is 14.9. The van der Waals surface area contributed by atoms with Crippen molar-refractivity contribution in [2.75, 3.05) is 58.3 Å². The summed E-state index contributed by atoms with van der Waals surface area (Å²) in [4.78, 5) is 18.7. The zero-order valence-electron chi connectivity index (χ0n) is 18.7. The van der Waals surface area contributed by atoms with E-state index in [1.165, 1.54) is 0 Å². The predicted molar refractivity (Wildman–Crippen MR) is 122 cm³/mol. The van der Waals surface area contributed by atoms with Gasteiger partial charge in [-0.15, -0.1) is 0 Å². The second-order valence-corrected chi connectivity index (χ2v) is 7.52. The number of carbonyl (C=O) groups is 1. The van der Waals surface area contributed by atoms with Gasteiger partial charge >= 0.3 is 0 Å². The summed E-state index contributed by atoms with van der Waals surface area (Å²) in [7, 11) is 8.86. The number of Topliss-reactive ketones (excluding diaryl/α,β-unsaturated/α-hetero) is 1. The first-order valence-corrected chi connectivity index (χ1v) is 10.0. The van der Waals surface area contributed by atoms with Crippen LogP contribution in [0, 0.1) is 11.3 Å². The lowest BCUT2D eigenvalue weighted by atomic mass is 10.1. The molecule has 0 radical (unpaired) electrons. The molecule has 162 valence electrons. The Morgan fingerprint density at radius 2 is 1.65 bits per heavy atom. The van der Waals surface area contributed by atoms with Crippen LogP contribution in [0.2, 0.25) is 0 Å². The third kappa shape index (κ3) is 4.49. The van der Waals surface area contributed by atoms with E-state index < -0.39 is 0 Å². The molecule has 2 aromatic carbocycles. The van der Waals surface area contributed by atoms with E-state index in [-0.39, 0.29) is 17.9 Å². The number of rotatable bonds is 8. The number of anilines is 2. The van der Waals surface area contributed by atoms with E-state index in [1.807, 2.05) is 78.3 Å². The summed E-state index contributed by atoms with van der Waals surface area (Å²) in [5, 5.41) is 9.77. The van der Waals surface area contributed by atoms with E-state index in [1.54, 1.807) is 14.2 Å². The van der Waals surface area contributed by atoms with Crippen LogP contribution in [0.25, 0.3) is 0 Å². The minimum atomic E-state index is -0.196. The van der Waals surface area contributed by atoms with E-state index in [9.17, 15) is 10.1 Å². The molecular weight excluding hydrogens is 392 g/mol. The van der Waals surface area contributed by atoms with Gasteiger partial charge in [0.2, 0.25) is 0 Å². The van der Waals surface area contributed by atoms with Crippen molar-refractivity contribution in [3.8, 4) is 17.6 Å². The van der Waals surface area contributed by atoms with Gasteiger partial charge in [0.1, 0.15) is 17.5 Å². The SMILES string of the molecule is COc1ccc(CCN(C)CC(=O)C(C#N)=C2N(C)c3ccccc3N2C)cc1OC. The number of fused-ring (bicyclic) bond motifs is 1. The third-order valence-electron chi connectivity index (χ3n) is 5.50. The summed E-state index contributed by atoms with van der Waals surface area (Å²) in [6.07, 6.45) is 0.744. The number of nitriles is 1. The van der Waals surface area contributed by atoms with Gasteiger partial charge in [-0.05, 0) is 43.3 Å². The average Bonchev–Trinajstić information content (AvgIpc) is 3.03. The lowest BCUT2D eigenvalue weighted by Crippen LogP contribution is -2.32. The molecule has 0 atom stereocenters. The number of para-hydroxylation sites is 2. The van der Waals surface area contributed by atoms with Crippen molar-refractivity contribution in [2.45, 2.75) is 6.42 Å². The van der Waals surface area contributed by atoms with Crippen molar-refractivity contribution >= 4 is 17.2 Å². The van der Waals surface area contributed by atoms with Gasteiger partial charge in [-0.25, -0.2) is 0 Å². The van der Waals surface area contributed by atoms with Gasteiger partial charge in [0.05, 0.1) is 32.1 Å². The number of methoxy groups -OCH3 is 2. The first kappa shape index (κ1) is 22.2. The molecule has 7 heteroatoms. The molecule has 0 unspecified atom stereocenters. The van der Waals surface area contributed by atoms with Crippen LogP contribution in [0.5, 0.6) is 11.5 Å². The molecule has 0 aromatic heterocycles. The maximum atomic E-state index is 13.0. The van der Waals surface area contributed by atoms with Crippen LogP contribution in [0.3, 0.4) is 0 Å². The summed E-state index contributed by atoms with van der Waals surface area (Å²) in [6, 6.07) is 15.8. The molecule has 1 aliphatic heterocycles. The summed E-state index contributed by atoms with van der Waals surface area (Å²) in [6.45, 7) is 0.832. The standard InChI is InChI=1S/C24H28N4O3/c1-26(13-12-17-10-11-22(30-4)23(14-17)31-5)16-21(29)18(15-25)24-27(2)19-8-6-7-9-20(19)28(24)3/h6-11,14H,12-13,16H2,1-5H3. The topological polar surface area (TPSA) is 69.0 Å². The summed E-state index contributed by atoms with van der Waals surface area (Å²) >= 11 is 0. The highest BCUT2D eigenvalue weighted by molar-refractivity contribution is 6.03. The quantitative estimate of drug-likeness (QED) is 0.480. The molecule has 0 saturated heterocycles. The van der Waals surface area contributed by atoms with Crippen molar-refractivity contribution < 1.29 is 14.3 Å². The molecular formula is C24H28N4O3. The second kappa shape index (κ2) is 9.54. The Hall–Kier alpha value is -3.50. The monoisotopic (exact) mass is 420 g/mol. The number of likely N-dealkylation sites (N-methyl/N-ethyl adjacent to an activating group) is 1. The molecule has 3 rings (SSSR count). The molecule has 7 nitrogen and oxygen atoms in total. The zero-order valence-corrected chi connectivity index (χ0v) is 18.7. The molecule has 31 heavy (non-hydrogen) atoms. The number of ether oxygens (including phenoxy) is 2. The third-order valence-corrected chi connectivity index (χ3v) is 5.50. The molecule has 0 fully saturated rings. The molecule has 1 aliphatic rings. The smallest absolute Gasteiger partial charge is 0.191 e. The van der Waals surface area contributed by atoms with E-state index in [2.05, 4.69) is 6.07 Å². The van der Waals surface area contributed by atoms with Crippen molar-refractivity contribution in [1.82, 2.24) is 4.90 Å². The molecule has 0 spiro atoms. The van der Waals surface area contributed by atoms with E-state index >= 15 is 0 Å². The number of nitrogens with zero attached hydrogens (tertiary/aromatic N) is 4. The Morgan fingerprint density at radius 1 is 1.03 bits per heavy atom. The van der Waals surface area contributed by atoms with Gasteiger partial charge in [-0.2, -0.15) is 5.26 Å². The van der Waals surface area contributed by atoms with Crippen LogP contribution in [-0.2, 0) is 11.2 Å². The Morgan fingerprint density at radius 3 is 2.19 bits per heavy atom. The minimum absolute atomic E-state index is 0.164. The predicted octanol–water partition coefficient (Wildman–Crippen LogP) is 3.07. The van der Waals surface area contributed by atoms with Crippen LogP contribution >= 0.6 is 0 Å². The lowest BCUT2D eigenvalue weighted by Gasteiger charge is -2.21. The average molecular weight is 421 g/mol. The van der Waals surface area contributed by atoms with Gasteiger partial charge in [0, 0.05) is 20.6 Å². The van der Waals surface area contributed by atoms with Crippen LogP contribution < -0.4 is 19.3 Å². The fraction of sp³-hybridized carbons (Fsp3) is 0.333. The second-order valence-electron chi connectivity index (χ2n) is 7.52. The van der Waals surface area contributed by atoms with Crippen LogP contribution in [0.4, 0.5) is 11.4 Å². The van der Waals surface area contributed by atoms with Crippen molar-refractivity contribution in [2.24, 2.45) is 0 Å². The molecule has 0 aliphatic carbocycles. The summed E-state index contributed by atoms with van der Waals surface area (Å²) in [5.41, 5.74) is 3.20. The number of hydrogen-bond acceptors (Lipinski definition) is 7. The van der Waals surface area contributed by atoms with Gasteiger partial charge in [0.15, 0.2) is 17.3 Å². The fourth-order valence-electron chi connectivity index (χ4n) is 3.82. The molecule has 0 bridgehead atoms. The van der Waals surface area contributed by atoms with Gasteiger partial charge in [-0.1, -0.05) is 18.2 Å². The van der Waals surface area contributed by atoms with E-state index in [0.717, 1.165) is 23.4 Å². The Labute approximate surface area is 183 Å². The van der Waals surface area contributed by atoms with Crippen molar-refractivity contribution in [1.29, 1.82) is 5.26 Å². The largest absolute Gasteiger partial charge is 0.493 e. The molecule has 1 heterocycles. The Kier molecular flexibility index (Phi) is 6.83. The van der Waals surface area contributed by atoms with Crippen LogP contribution in [0.15, 0.2) is 53.9 Å². The molecule has 0 N–H and O–H groups in total. The van der Waals surface area contributed by atoms with Crippen LogP contribution in [-0.4, -0.2) is 59.1 Å². The highest BCUT2D eigenvalue weighted by atomic mass is 16.5. The highest BCUT2D eigenvalue weighted by Crippen LogP contribution is 2.40. The summed E-state index contributed by atoms with van der Waals surface area (Å²) < 4.78 is 10.6.